The van der Waals surface area contributed by atoms with Gasteiger partial charge in [-0.05, 0) is 38.0 Å². The van der Waals surface area contributed by atoms with Gasteiger partial charge in [-0.2, -0.15) is 0 Å². The van der Waals surface area contributed by atoms with Crippen molar-refractivity contribution in [3.05, 3.63) is 0 Å². The summed E-state index contributed by atoms with van der Waals surface area (Å²) in [6, 6.07) is 0. The molecule has 0 aromatic heterocycles. The summed E-state index contributed by atoms with van der Waals surface area (Å²) in [6.45, 7) is 6.24. The van der Waals surface area contributed by atoms with E-state index >= 15 is 0 Å². The van der Waals surface area contributed by atoms with E-state index in [9.17, 15) is 18.3 Å². The van der Waals surface area contributed by atoms with Gasteiger partial charge in [-0.3, -0.25) is 0 Å². The minimum Gasteiger partial charge on any atom is -0.237 e. The van der Waals surface area contributed by atoms with E-state index in [0.29, 0.717) is 31.6 Å². The molecule has 20 heavy (non-hydrogen) atoms. The maximum Gasteiger partial charge on any atom is 0.318 e. The van der Waals surface area contributed by atoms with E-state index in [1.165, 1.54) is 0 Å². The highest BCUT2D eigenvalue weighted by Crippen LogP contribution is 2.32. The van der Waals surface area contributed by atoms with E-state index in [-0.39, 0.29) is 11.3 Å². The minimum absolute atomic E-state index is 0.356. The fraction of sp³-hybridized carbons (Fsp3) is 1.00. The van der Waals surface area contributed by atoms with Crippen LogP contribution in [0, 0.1) is 5.92 Å². The topological polar surface area (TPSA) is 68.3 Å². The molecule has 4 nitrogen and oxygen atoms in total. The molecule has 0 radical (unpaired) electrons. The first-order valence-electron chi connectivity index (χ1n) is 7.69. The van der Waals surface area contributed by atoms with Crippen molar-refractivity contribution in [2.45, 2.75) is 83.5 Å². The normalized spacial score (nSPS) is 15.6. The highest BCUT2D eigenvalue weighted by molar-refractivity contribution is 7.32. The van der Waals surface area contributed by atoms with Crippen LogP contribution in [-0.4, -0.2) is 11.3 Å². The Morgan fingerprint density at radius 1 is 0.750 bits per heavy atom. The maximum absolute atomic E-state index is 11.3. The first-order chi connectivity index (χ1) is 9.42. The van der Waals surface area contributed by atoms with Crippen LogP contribution in [0.25, 0.3) is 0 Å². The van der Waals surface area contributed by atoms with Gasteiger partial charge in [-0.1, -0.05) is 40.0 Å². The van der Waals surface area contributed by atoms with E-state index in [1.807, 2.05) is 6.92 Å². The van der Waals surface area contributed by atoms with Crippen LogP contribution in [-0.2, 0) is 18.3 Å². The first-order valence-corrected chi connectivity index (χ1v) is 10.2. The van der Waals surface area contributed by atoms with Gasteiger partial charge in [0.05, 0.1) is 11.3 Å². The van der Waals surface area contributed by atoms with Gasteiger partial charge < -0.3 is 0 Å². The number of unbranched alkanes of at least 4 members (excludes halogenated alkanes) is 1. The zero-order chi connectivity index (χ0) is 15.5. The molecule has 0 aliphatic carbocycles. The van der Waals surface area contributed by atoms with Crippen LogP contribution < -0.4 is 0 Å². The van der Waals surface area contributed by atoms with Crippen LogP contribution >= 0.6 is 15.4 Å². The lowest BCUT2D eigenvalue weighted by molar-refractivity contribution is 0.444. The Hall–Kier alpha value is -0.200. The highest BCUT2D eigenvalue weighted by Gasteiger charge is 2.21. The third-order valence-electron chi connectivity index (χ3n) is 4.01. The summed E-state index contributed by atoms with van der Waals surface area (Å²) >= 11 is 0. The molecule has 0 aromatic carbocycles. The Morgan fingerprint density at radius 3 is 1.60 bits per heavy atom. The first kappa shape index (κ1) is 19.8. The van der Waals surface area contributed by atoms with Crippen LogP contribution in [0.5, 0.6) is 0 Å². The average Bonchev–Trinajstić information content (AvgIpc) is 2.40. The second-order valence-corrected chi connectivity index (χ2v) is 8.29. The zero-order valence-corrected chi connectivity index (χ0v) is 14.7. The summed E-state index contributed by atoms with van der Waals surface area (Å²) in [5.41, 5.74) is -0.718. The predicted octanol–water partition coefficient (Wildman–Crippen LogP) is 5.87. The number of hydrogen-bond donors (Lipinski definition) is 0. The van der Waals surface area contributed by atoms with Crippen molar-refractivity contribution < 1.29 is 18.3 Å². The fourth-order valence-corrected chi connectivity index (χ4v) is 3.69. The molecule has 118 valence electrons. The standard InChI is InChI=1S/C14H28O4P2/c1-4-6-7-13(19(15)16)10-11-14(20(17)18)9-8-12(3)5-2/h12-14H,4-11H2,1-3H3. The molecular weight excluding hydrogens is 294 g/mol. The summed E-state index contributed by atoms with van der Waals surface area (Å²) in [6.07, 6.45) is 6.07. The second-order valence-electron chi connectivity index (χ2n) is 5.69. The molecule has 0 aliphatic rings. The molecule has 0 rings (SSSR count). The summed E-state index contributed by atoms with van der Waals surface area (Å²) in [4.78, 5) is 0. The number of rotatable bonds is 12. The molecule has 3 unspecified atom stereocenters. The van der Waals surface area contributed by atoms with E-state index in [4.69, 9.17) is 0 Å². The molecule has 0 saturated heterocycles. The molecule has 0 N–H and O–H groups in total. The lowest BCUT2D eigenvalue weighted by atomic mass is 9.99. The van der Waals surface area contributed by atoms with Crippen LogP contribution in [0.4, 0.5) is 0 Å². The molecule has 0 aromatic rings. The average molecular weight is 322 g/mol. The second kappa shape index (κ2) is 11.5. The van der Waals surface area contributed by atoms with E-state index < -0.39 is 15.4 Å². The van der Waals surface area contributed by atoms with Crippen molar-refractivity contribution in [3.63, 3.8) is 0 Å². The third-order valence-corrected chi connectivity index (χ3v) is 6.24. The molecule has 0 amide bonds. The molecule has 3 atom stereocenters. The van der Waals surface area contributed by atoms with Crippen LogP contribution in [0.1, 0.15) is 72.1 Å². The smallest absolute Gasteiger partial charge is 0.237 e. The Bertz CT molecular complexity index is 373. The minimum atomic E-state index is -2.46. The predicted molar refractivity (Wildman–Crippen MR) is 81.6 cm³/mol. The van der Waals surface area contributed by atoms with Crippen LogP contribution in [0.15, 0.2) is 0 Å². The van der Waals surface area contributed by atoms with Crippen molar-refractivity contribution in [3.8, 4) is 0 Å². The largest absolute Gasteiger partial charge is 0.318 e. The molecule has 0 bridgehead atoms. The number of hydrogen-bond acceptors (Lipinski definition) is 4. The van der Waals surface area contributed by atoms with Crippen LogP contribution in [0.3, 0.4) is 0 Å². The van der Waals surface area contributed by atoms with Gasteiger partial charge in [0.1, 0.15) is 0 Å². The maximum atomic E-state index is 11.3. The fourth-order valence-electron chi connectivity index (χ4n) is 2.22. The Labute approximate surface area is 123 Å². The lowest BCUT2D eigenvalue weighted by Gasteiger charge is -2.14. The van der Waals surface area contributed by atoms with Gasteiger partial charge in [0.15, 0.2) is 0 Å². The summed E-state index contributed by atoms with van der Waals surface area (Å²) < 4.78 is 44.9. The molecule has 0 heterocycles. The van der Waals surface area contributed by atoms with Crippen molar-refractivity contribution in [1.82, 2.24) is 0 Å². The quantitative estimate of drug-likeness (QED) is 0.422. The van der Waals surface area contributed by atoms with Crippen molar-refractivity contribution in [2.75, 3.05) is 0 Å². The SMILES string of the molecule is CCCCC(CCC(CCC(C)CC)P(=O)=O)P(=O)=O. The summed E-state index contributed by atoms with van der Waals surface area (Å²) in [5, 5.41) is 0. The van der Waals surface area contributed by atoms with Crippen molar-refractivity contribution in [1.29, 1.82) is 0 Å². The zero-order valence-electron chi connectivity index (χ0n) is 12.9. The third kappa shape index (κ3) is 8.87. The monoisotopic (exact) mass is 322 g/mol. The lowest BCUT2D eigenvalue weighted by Crippen LogP contribution is -2.08. The van der Waals surface area contributed by atoms with Gasteiger partial charge in [0.25, 0.3) is 0 Å². The molecule has 0 spiro atoms. The molecular formula is C14H28O4P2. The summed E-state index contributed by atoms with van der Waals surface area (Å²) in [7, 11) is -4.91. The molecule has 0 aliphatic heterocycles. The van der Waals surface area contributed by atoms with Gasteiger partial charge in [0, 0.05) is 0 Å². The van der Waals surface area contributed by atoms with E-state index in [2.05, 4.69) is 13.8 Å². The Balaban J connectivity index is 4.36. The van der Waals surface area contributed by atoms with E-state index in [0.717, 1.165) is 25.7 Å². The van der Waals surface area contributed by atoms with Gasteiger partial charge in [-0.15, -0.1) is 0 Å². The Morgan fingerprint density at radius 2 is 1.20 bits per heavy atom. The van der Waals surface area contributed by atoms with E-state index in [1.54, 1.807) is 0 Å². The van der Waals surface area contributed by atoms with Gasteiger partial charge in [0.2, 0.25) is 0 Å². The highest BCUT2D eigenvalue weighted by atomic mass is 31.1. The van der Waals surface area contributed by atoms with Crippen LogP contribution in [0.2, 0.25) is 0 Å². The van der Waals surface area contributed by atoms with Crippen molar-refractivity contribution in [2.24, 2.45) is 5.92 Å². The van der Waals surface area contributed by atoms with Crippen molar-refractivity contribution >= 4 is 15.4 Å². The molecule has 0 fully saturated rings. The Kier molecular flexibility index (Phi) is 11.3. The molecule has 6 heteroatoms. The summed E-state index contributed by atoms with van der Waals surface area (Å²) in [5.74, 6) is 0.527. The van der Waals surface area contributed by atoms with Gasteiger partial charge in [-0.25, -0.2) is 18.3 Å². The van der Waals surface area contributed by atoms with Gasteiger partial charge >= 0.3 is 15.4 Å². The molecule has 0 saturated carbocycles.